The molecule has 0 radical (unpaired) electrons. The van der Waals surface area contributed by atoms with Crippen LogP contribution in [-0.2, 0) is 6.42 Å². The summed E-state index contributed by atoms with van der Waals surface area (Å²) in [5, 5.41) is 0. The van der Waals surface area contributed by atoms with Gasteiger partial charge in [-0.3, -0.25) is 0 Å². The highest BCUT2D eigenvalue weighted by molar-refractivity contribution is 5.91. The molecule has 0 spiro atoms. The summed E-state index contributed by atoms with van der Waals surface area (Å²) in [5.41, 5.74) is 1.84. The maximum atomic E-state index is 12.6. The Morgan fingerprint density at radius 3 is 2.28 bits per heavy atom. The van der Waals surface area contributed by atoms with Crippen LogP contribution in [-0.4, -0.2) is 12.6 Å². The lowest BCUT2D eigenvalue weighted by Crippen LogP contribution is -2.14. The first-order chi connectivity index (χ1) is 17.6. The topological polar surface area (TPSA) is 35.5 Å². The number of hydrogen-bond acceptors (Lipinski definition) is 3. The fraction of sp³-hybridized carbons (Fsp3) is 0.545. The van der Waals surface area contributed by atoms with E-state index in [0.717, 1.165) is 36.3 Å². The van der Waals surface area contributed by atoms with Crippen LogP contribution in [0.4, 0.5) is 0 Å². The Labute approximate surface area is 219 Å². The number of allylic oxidation sites excluding steroid dienone is 1. The molecule has 1 aliphatic carbocycles. The number of esters is 1. The lowest BCUT2D eigenvalue weighted by atomic mass is 9.78. The van der Waals surface area contributed by atoms with Gasteiger partial charge in [0.25, 0.3) is 0 Å². The van der Waals surface area contributed by atoms with Crippen molar-refractivity contribution in [1.82, 2.24) is 0 Å². The average molecular weight is 491 g/mol. The third-order valence-electron chi connectivity index (χ3n) is 7.84. The summed E-state index contributed by atoms with van der Waals surface area (Å²) in [6.07, 6.45) is 17.0. The van der Waals surface area contributed by atoms with E-state index in [1.807, 2.05) is 24.3 Å². The van der Waals surface area contributed by atoms with Gasteiger partial charge in [-0.25, -0.2) is 4.79 Å². The third-order valence-corrected chi connectivity index (χ3v) is 7.84. The molecule has 2 aromatic rings. The van der Waals surface area contributed by atoms with Crippen molar-refractivity contribution >= 4 is 5.97 Å². The average Bonchev–Trinajstić information content (AvgIpc) is 2.91. The molecule has 1 saturated carbocycles. The van der Waals surface area contributed by atoms with Crippen molar-refractivity contribution in [1.29, 1.82) is 0 Å². The highest BCUT2D eigenvalue weighted by Gasteiger charge is 2.20. The van der Waals surface area contributed by atoms with Crippen molar-refractivity contribution in [3.8, 4) is 11.5 Å². The first kappa shape index (κ1) is 28.0. The van der Waals surface area contributed by atoms with E-state index in [0.29, 0.717) is 17.9 Å². The van der Waals surface area contributed by atoms with Crippen LogP contribution in [0.1, 0.15) is 100 Å². The van der Waals surface area contributed by atoms with Crippen molar-refractivity contribution in [2.45, 2.75) is 90.9 Å². The van der Waals surface area contributed by atoms with E-state index >= 15 is 0 Å². The monoisotopic (exact) mass is 490 g/mol. The van der Waals surface area contributed by atoms with Gasteiger partial charge in [0.05, 0.1) is 12.2 Å². The highest BCUT2D eigenvalue weighted by atomic mass is 16.5. The molecule has 0 unspecified atom stereocenters. The molecule has 36 heavy (non-hydrogen) atoms. The first-order valence-corrected chi connectivity index (χ1v) is 14.2. The highest BCUT2D eigenvalue weighted by Crippen LogP contribution is 2.33. The summed E-state index contributed by atoms with van der Waals surface area (Å²) < 4.78 is 11.4. The SMILES string of the molecule is C=CC[C@H]1CC[C@H](CCc2ccc(OC(=O)c3ccc(OCCCCC[C@@H](C)CC)cc3)cc2)CC1. The summed E-state index contributed by atoms with van der Waals surface area (Å²) in [6.45, 7) is 9.17. The van der Waals surface area contributed by atoms with Crippen LogP contribution in [0.2, 0.25) is 0 Å². The molecule has 2 aromatic carbocycles. The molecule has 3 heteroatoms. The molecule has 1 atom stereocenters. The first-order valence-electron chi connectivity index (χ1n) is 14.2. The molecule has 0 N–H and O–H groups in total. The van der Waals surface area contributed by atoms with Crippen LogP contribution in [0.3, 0.4) is 0 Å². The second-order valence-corrected chi connectivity index (χ2v) is 10.7. The van der Waals surface area contributed by atoms with E-state index in [4.69, 9.17) is 9.47 Å². The van der Waals surface area contributed by atoms with Crippen LogP contribution in [0.15, 0.2) is 61.2 Å². The Kier molecular flexibility index (Phi) is 12.1. The second kappa shape index (κ2) is 15.5. The van der Waals surface area contributed by atoms with Gasteiger partial charge in [0.1, 0.15) is 11.5 Å². The summed E-state index contributed by atoms with van der Waals surface area (Å²) >= 11 is 0. The molecule has 0 heterocycles. The van der Waals surface area contributed by atoms with Crippen molar-refractivity contribution in [3.05, 3.63) is 72.3 Å². The van der Waals surface area contributed by atoms with Gasteiger partial charge in [0.2, 0.25) is 0 Å². The van der Waals surface area contributed by atoms with Crippen LogP contribution in [0.25, 0.3) is 0 Å². The molecule has 0 saturated heterocycles. The Hall–Kier alpha value is -2.55. The Balaban J connectivity index is 1.35. The van der Waals surface area contributed by atoms with Gasteiger partial charge >= 0.3 is 5.97 Å². The van der Waals surface area contributed by atoms with Gasteiger partial charge in [-0.05, 0) is 98.2 Å². The quantitative estimate of drug-likeness (QED) is 0.108. The predicted octanol–water partition coefficient (Wildman–Crippen LogP) is 9.21. The molecule has 3 rings (SSSR count). The van der Waals surface area contributed by atoms with Crippen LogP contribution >= 0.6 is 0 Å². The van der Waals surface area contributed by atoms with Gasteiger partial charge in [-0.1, -0.05) is 70.6 Å². The minimum absolute atomic E-state index is 0.337. The van der Waals surface area contributed by atoms with Crippen molar-refractivity contribution in [2.24, 2.45) is 17.8 Å². The number of carbonyl (C=O) groups is 1. The molecule has 0 aliphatic heterocycles. The minimum Gasteiger partial charge on any atom is -0.494 e. The maximum Gasteiger partial charge on any atom is 0.343 e. The Morgan fingerprint density at radius 1 is 0.944 bits per heavy atom. The number of aryl methyl sites for hydroxylation is 1. The Bertz CT molecular complexity index is 892. The van der Waals surface area contributed by atoms with E-state index in [-0.39, 0.29) is 5.97 Å². The molecule has 0 aromatic heterocycles. The molecule has 3 nitrogen and oxygen atoms in total. The van der Waals surface area contributed by atoms with Gasteiger partial charge in [-0.2, -0.15) is 0 Å². The lowest BCUT2D eigenvalue weighted by Gasteiger charge is -2.27. The smallest absolute Gasteiger partial charge is 0.343 e. The second-order valence-electron chi connectivity index (χ2n) is 10.7. The standard InChI is InChI=1S/C33H46O3/c1-4-9-27-11-13-28(14-12-27)15-16-29-17-21-32(22-18-29)36-33(34)30-19-23-31(24-20-30)35-25-8-6-7-10-26(3)5-2/h4,17-24,26-28H,1,5-16,25H2,2-3H3/t26-,27-,28-/m0/s1. The van der Waals surface area contributed by atoms with Gasteiger partial charge in [-0.15, -0.1) is 6.58 Å². The zero-order valence-corrected chi connectivity index (χ0v) is 22.6. The van der Waals surface area contributed by atoms with Crippen molar-refractivity contribution < 1.29 is 14.3 Å². The molecular formula is C33H46O3. The number of hydrogen-bond donors (Lipinski definition) is 0. The van der Waals surface area contributed by atoms with Crippen LogP contribution < -0.4 is 9.47 Å². The number of ether oxygens (including phenoxy) is 2. The summed E-state index contributed by atoms with van der Waals surface area (Å²) in [5.74, 6) is 3.56. The zero-order valence-electron chi connectivity index (χ0n) is 22.6. The van der Waals surface area contributed by atoms with Crippen molar-refractivity contribution in [2.75, 3.05) is 6.61 Å². The summed E-state index contributed by atoms with van der Waals surface area (Å²) in [6, 6.07) is 15.3. The van der Waals surface area contributed by atoms with E-state index < -0.39 is 0 Å². The fourth-order valence-electron chi connectivity index (χ4n) is 5.11. The third kappa shape index (κ3) is 9.84. The van der Waals surface area contributed by atoms with Gasteiger partial charge < -0.3 is 9.47 Å². The number of unbranched alkanes of at least 4 members (excludes halogenated alkanes) is 2. The summed E-state index contributed by atoms with van der Waals surface area (Å²) in [4.78, 5) is 12.6. The van der Waals surface area contributed by atoms with Gasteiger partial charge in [0.15, 0.2) is 0 Å². The number of rotatable bonds is 15. The molecule has 1 aliphatic rings. The van der Waals surface area contributed by atoms with E-state index in [2.05, 4.69) is 38.6 Å². The number of benzene rings is 2. The lowest BCUT2D eigenvalue weighted by molar-refractivity contribution is 0.0734. The minimum atomic E-state index is -0.337. The summed E-state index contributed by atoms with van der Waals surface area (Å²) in [7, 11) is 0. The van der Waals surface area contributed by atoms with Crippen LogP contribution in [0, 0.1) is 17.8 Å². The maximum absolute atomic E-state index is 12.6. The predicted molar refractivity (Wildman–Crippen MR) is 150 cm³/mol. The number of carbonyl (C=O) groups excluding carboxylic acids is 1. The molecule has 0 amide bonds. The van der Waals surface area contributed by atoms with Crippen molar-refractivity contribution in [3.63, 3.8) is 0 Å². The van der Waals surface area contributed by atoms with E-state index in [9.17, 15) is 4.79 Å². The molecular weight excluding hydrogens is 444 g/mol. The fourth-order valence-corrected chi connectivity index (χ4v) is 5.11. The van der Waals surface area contributed by atoms with Crippen LogP contribution in [0.5, 0.6) is 11.5 Å². The normalized spacial score (nSPS) is 18.4. The van der Waals surface area contributed by atoms with E-state index in [1.54, 1.807) is 12.1 Å². The Morgan fingerprint density at radius 2 is 1.61 bits per heavy atom. The van der Waals surface area contributed by atoms with Gasteiger partial charge in [0, 0.05) is 0 Å². The molecule has 1 fully saturated rings. The van der Waals surface area contributed by atoms with E-state index in [1.165, 1.54) is 69.8 Å². The zero-order chi connectivity index (χ0) is 25.6. The molecule has 0 bridgehead atoms. The molecule has 196 valence electrons. The largest absolute Gasteiger partial charge is 0.494 e.